The second kappa shape index (κ2) is 7.23. The first-order valence-electron chi connectivity index (χ1n) is 7.70. The van der Waals surface area contributed by atoms with Crippen LogP contribution in [0.4, 0.5) is 5.13 Å². The van der Waals surface area contributed by atoms with Crippen LogP contribution in [-0.4, -0.2) is 17.1 Å². The van der Waals surface area contributed by atoms with Crippen molar-refractivity contribution in [1.82, 2.24) is 10.4 Å². The minimum atomic E-state index is -0.159. The van der Waals surface area contributed by atoms with Gasteiger partial charge in [0.1, 0.15) is 0 Å². The fourth-order valence-corrected chi connectivity index (χ4v) is 3.14. The number of hydrogen-bond donors (Lipinski definition) is 2. The number of nitrogen functional groups attached to an aromatic ring is 1. The fraction of sp³-hybridized carbons (Fsp3) is 0.167. The zero-order valence-corrected chi connectivity index (χ0v) is 14.1. The molecule has 0 aliphatic carbocycles. The van der Waals surface area contributed by atoms with Gasteiger partial charge in [0.25, 0.3) is 0 Å². The Bertz CT molecular complexity index is 884. The SMILES string of the molecule is CCc1ccc(/C=N\NC(=O)Cc2ccc3nc(N)sc3c2)cc1. The molecule has 0 atom stereocenters. The lowest BCUT2D eigenvalue weighted by Crippen LogP contribution is -2.19. The molecular formula is C18H18N4OS. The lowest BCUT2D eigenvalue weighted by atomic mass is 10.1. The van der Waals surface area contributed by atoms with Crippen LogP contribution in [0, 0.1) is 0 Å². The summed E-state index contributed by atoms with van der Waals surface area (Å²) in [6.07, 6.45) is 2.91. The van der Waals surface area contributed by atoms with Crippen molar-refractivity contribution in [3.63, 3.8) is 0 Å². The lowest BCUT2D eigenvalue weighted by molar-refractivity contribution is -0.120. The van der Waals surface area contributed by atoms with Gasteiger partial charge in [-0.05, 0) is 35.2 Å². The minimum absolute atomic E-state index is 0.159. The van der Waals surface area contributed by atoms with Crippen LogP contribution in [0.1, 0.15) is 23.6 Å². The number of amides is 1. The molecule has 1 amide bonds. The van der Waals surface area contributed by atoms with Gasteiger partial charge in [0, 0.05) is 0 Å². The van der Waals surface area contributed by atoms with Crippen molar-refractivity contribution in [2.75, 3.05) is 5.73 Å². The first kappa shape index (κ1) is 16.1. The summed E-state index contributed by atoms with van der Waals surface area (Å²) in [5, 5.41) is 4.54. The maximum Gasteiger partial charge on any atom is 0.244 e. The van der Waals surface area contributed by atoms with Gasteiger partial charge in [0.15, 0.2) is 5.13 Å². The summed E-state index contributed by atoms with van der Waals surface area (Å²) in [5.41, 5.74) is 12.2. The molecule has 0 unspecified atom stereocenters. The van der Waals surface area contributed by atoms with E-state index < -0.39 is 0 Å². The molecule has 0 bridgehead atoms. The molecule has 0 saturated carbocycles. The largest absolute Gasteiger partial charge is 0.375 e. The van der Waals surface area contributed by atoms with Gasteiger partial charge in [0.05, 0.1) is 22.9 Å². The van der Waals surface area contributed by atoms with E-state index in [0.717, 1.165) is 27.8 Å². The second-order valence-corrected chi connectivity index (χ2v) is 6.48. The number of nitrogens with two attached hydrogens (primary N) is 1. The van der Waals surface area contributed by atoms with Crippen molar-refractivity contribution in [2.24, 2.45) is 5.10 Å². The summed E-state index contributed by atoms with van der Waals surface area (Å²) in [7, 11) is 0. The molecule has 6 heteroatoms. The van der Waals surface area contributed by atoms with Crippen LogP contribution in [0.15, 0.2) is 47.6 Å². The molecule has 3 rings (SSSR count). The van der Waals surface area contributed by atoms with E-state index in [2.05, 4.69) is 34.6 Å². The van der Waals surface area contributed by atoms with E-state index in [4.69, 9.17) is 5.73 Å². The first-order chi connectivity index (χ1) is 11.6. The molecule has 122 valence electrons. The quantitative estimate of drug-likeness (QED) is 0.554. The van der Waals surface area contributed by atoms with Gasteiger partial charge in [-0.2, -0.15) is 5.10 Å². The molecule has 5 nitrogen and oxygen atoms in total. The number of aryl methyl sites for hydroxylation is 1. The summed E-state index contributed by atoms with van der Waals surface area (Å²) < 4.78 is 0.984. The van der Waals surface area contributed by atoms with E-state index in [9.17, 15) is 4.79 Å². The Morgan fingerprint density at radius 3 is 2.75 bits per heavy atom. The maximum absolute atomic E-state index is 12.0. The number of aromatic nitrogens is 1. The van der Waals surface area contributed by atoms with E-state index in [0.29, 0.717) is 5.13 Å². The van der Waals surface area contributed by atoms with Gasteiger partial charge in [-0.25, -0.2) is 10.4 Å². The van der Waals surface area contributed by atoms with Crippen molar-refractivity contribution in [1.29, 1.82) is 0 Å². The Kier molecular flexibility index (Phi) is 4.86. The monoisotopic (exact) mass is 338 g/mol. The van der Waals surface area contributed by atoms with Crippen LogP contribution < -0.4 is 11.2 Å². The Hall–Kier alpha value is -2.73. The van der Waals surface area contributed by atoms with Gasteiger partial charge in [0.2, 0.25) is 5.91 Å². The smallest absolute Gasteiger partial charge is 0.244 e. The summed E-state index contributed by atoms with van der Waals surface area (Å²) in [6, 6.07) is 13.8. The number of nitrogens with zero attached hydrogens (tertiary/aromatic N) is 2. The van der Waals surface area contributed by atoms with Crippen molar-refractivity contribution in [2.45, 2.75) is 19.8 Å². The molecule has 0 aliphatic heterocycles. The van der Waals surface area contributed by atoms with E-state index >= 15 is 0 Å². The number of anilines is 1. The van der Waals surface area contributed by atoms with E-state index in [-0.39, 0.29) is 12.3 Å². The van der Waals surface area contributed by atoms with Gasteiger partial charge >= 0.3 is 0 Å². The molecule has 3 N–H and O–H groups in total. The highest BCUT2D eigenvalue weighted by atomic mass is 32.1. The van der Waals surface area contributed by atoms with Crippen LogP contribution in [-0.2, 0) is 17.6 Å². The molecule has 0 saturated heterocycles. The molecule has 24 heavy (non-hydrogen) atoms. The Labute approximate surface area is 144 Å². The third-order valence-electron chi connectivity index (χ3n) is 3.62. The average Bonchev–Trinajstić information content (AvgIpc) is 2.95. The number of fused-ring (bicyclic) bond motifs is 1. The van der Waals surface area contributed by atoms with Crippen molar-refractivity contribution >= 4 is 38.8 Å². The molecule has 1 aromatic heterocycles. The van der Waals surface area contributed by atoms with E-state index in [1.165, 1.54) is 16.9 Å². The van der Waals surface area contributed by atoms with Gasteiger partial charge in [-0.1, -0.05) is 48.6 Å². The number of nitrogens with one attached hydrogen (secondary N) is 1. The molecule has 0 radical (unpaired) electrons. The summed E-state index contributed by atoms with van der Waals surface area (Å²) >= 11 is 1.42. The van der Waals surface area contributed by atoms with Gasteiger partial charge < -0.3 is 5.73 Å². The number of carbonyl (C=O) groups is 1. The third-order valence-corrected chi connectivity index (χ3v) is 4.47. The topological polar surface area (TPSA) is 80.4 Å². The first-order valence-corrected chi connectivity index (χ1v) is 8.51. The Morgan fingerprint density at radius 1 is 1.25 bits per heavy atom. The highest BCUT2D eigenvalue weighted by Gasteiger charge is 2.06. The number of thiazole rings is 1. The van der Waals surface area contributed by atoms with Crippen LogP contribution in [0.5, 0.6) is 0 Å². The fourth-order valence-electron chi connectivity index (χ4n) is 2.34. The molecule has 2 aromatic carbocycles. The molecule has 1 heterocycles. The number of carbonyl (C=O) groups excluding carboxylic acids is 1. The summed E-state index contributed by atoms with van der Waals surface area (Å²) in [5.74, 6) is -0.159. The third kappa shape index (κ3) is 3.97. The predicted octanol–water partition coefficient (Wildman–Crippen LogP) is 3.13. The second-order valence-electron chi connectivity index (χ2n) is 5.42. The van der Waals surface area contributed by atoms with Crippen LogP contribution in [0.2, 0.25) is 0 Å². The number of rotatable bonds is 5. The number of hydrazone groups is 1. The van der Waals surface area contributed by atoms with E-state index in [1.54, 1.807) is 6.21 Å². The van der Waals surface area contributed by atoms with Crippen LogP contribution >= 0.6 is 11.3 Å². The zero-order valence-electron chi connectivity index (χ0n) is 13.3. The normalized spacial score (nSPS) is 11.2. The maximum atomic E-state index is 12.0. The zero-order chi connectivity index (χ0) is 16.9. The predicted molar refractivity (Wildman–Crippen MR) is 99.3 cm³/mol. The van der Waals surface area contributed by atoms with Crippen molar-refractivity contribution < 1.29 is 4.79 Å². The highest BCUT2D eigenvalue weighted by Crippen LogP contribution is 2.24. The standard InChI is InChI=1S/C18H18N4OS/c1-2-12-3-5-13(6-4-12)11-20-22-17(23)10-14-7-8-15-16(9-14)24-18(19)21-15/h3-9,11H,2,10H2,1H3,(H2,19,21)(H,22,23)/b20-11-. The number of hydrogen-bond acceptors (Lipinski definition) is 5. The highest BCUT2D eigenvalue weighted by molar-refractivity contribution is 7.22. The molecular weight excluding hydrogens is 320 g/mol. The Balaban J connectivity index is 1.58. The molecule has 0 spiro atoms. The van der Waals surface area contributed by atoms with Crippen molar-refractivity contribution in [3.8, 4) is 0 Å². The van der Waals surface area contributed by atoms with Gasteiger partial charge in [-0.3, -0.25) is 4.79 Å². The van der Waals surface area contributed by atoms with Gasteiger partial charge in [-0.15, -0.1) is 0 Å². The summed E-state index contributed by atoms with van der Waals surface area (Å²) in [6.45, 7) is 2.11. The minimum Gasteiger partial charge on any atom is -0.375 e. The Morgan fingerprint density at radius 2 is 2.00 bits per heavy atom. The van der Waals surface area contributed by atoms with E-state index in [1.807, 2.05) is 30.3 Å². The molecule has 3 aromatic rings. The number of benzene rings is 2. The lowest BCUT2D eigenvalue weighted by Gasteiger charge is -2.01. The van der Waals surface area contributed by atoms with Crippen molar-refractivity contribution in [3.05, 3.63) is 59.2 Å². The van der Waals surface area contributed by atoms with Crippen LogP contribution in [0.25, 0.3) is 10.2 Å². The summed E-state index contributed by atoms with van der Waals surface area (Å²) in [4.78, 5) is 16.2. The van der Waals surface area contributed by atoms with Crippen LogP contribution in [0.3, 0.4) is 0 Å². The molecule has 0 aliphatic rings. The molecule has 0 fully saturated rings. The average molecular weight is 338 g/mol.